The van der Waals surface area contributed by atoms with Gasteiger partial charge in [0.1, 0.15) is 6.04 Å². The van der Waals surface area contributed by atoms with Gasteiger partial charge in [0.15, 0.2) is 0 Å². The van der Waals surface area contributed by atoms with E-state index in [4.69, 9.17) is 11.6 Å². The number of likely N-dealkylation sites (N-methyl/N-ethyl adjacent to an activating group) is 1. The lowest BCUT2D eigenvalue weighted by molar-refractivity contribution is -0.132. The van der Waals surface area contributed by atoms with E-state index in [-0.39, 0.29) is 10.8 Å². The van der Waals surface area contributed by atoms with Gasteiger partial charge < -0.3 is 4.90 Å². The quantitative estimate of drug-likeness (QED) is 0.717. The zero-order valence-corrected chi connectivity index (χ0v) is 16.0. The van der Waals surface area contributed by atoms with E-state index in [0.717, 1.165) is 0 Å². The molecule has 0 aliphatic carbocycles. The SMILES string of the molecule is CCN(CC)C(=O)C(CCSC)NS(=O)(=O)c1ccc(Cl)cc1. The molecule has 1 aromatic rings. The van der Waals surface area contributed by atoms with Gasteiger partial charge in [-0.3, -0.25) is 4.79 Å². The lowest BCUT2D eigenvalue weighted by Gasteiger charge is -2.25. The third kappa shape index (κ3) is 5.99. The van der Waals surface area contributed by atoms with E-state index in [0.29, 0.717) is 30.3 Å². The molecule has 1 amide bonds. The summed E-state index contributed by atoms with van der Waals surface area (Å²) in [5, 5.41) is 0.460. The van der Waals surface area contributed by atoms with Crippen LogP contribution in [0, 0.1) is 0 Å². The molecule has 0 saturated carbocycles. The maximum atomic E-state index is 12.5. The molecule has 0 aliphatic heterocycles. The minimum atomic E-state index is -3.77. The zero-order chi connectivity index (χ0) is 17.5. The first kappa shape index (κ1) is 20.3. The van der Waals surface area contributed by atoms with Crippen molar-refractivity contribution >= 4 is 39.3 Å². The summed E-state index contributed by atoms with van der Waals surface area (Å²) in [6.45, 7) is 4.85. The van der Waals surface area contributed by atoms with Crippen molar-refractivity contribution in [1.82, 2.24) is 9.62 Å². The molecule has 23 heavy (non-hydrogen) atoms. The third-order valence-corrected chi connectivity index (χ3v) is 5.79. The second-order valence-corrected chi connectivity index (χ2v) is 8.06. The largest absolute Gasteiger partial charge is 0.342 e. The molecule has 0 fully saturated rings. The molecule has 8 heteroatoms. The van der Waals surface area contributed by atoms with Crippen molar-refractivity contribution < 1.29 is 13.2 Å². The monoisotopic (exact) mass is 378 g/mol. The van der Waals surface area contributed by atoms with Gasteiger partial charge in [-0.2, -0.15) is 16.5 Å². The molecule has 0 radical (unpaired) electrons. The number of carbonyl (C=O) groups excluding carboxylic acids is 1. The molecule has 0 saturated heterocycles. The van der Waals surface area contributed by atoms with Crippen LogP contribution in [0.15, 0.2) is 29.2 Å². The number of nitrogens with one attached hydrogen (secondary N) is 1. The molecule has 5 nitrogen and oxygen atoms in total. The van der Waals surface area contributed by atoms with Crippen LogP contribution < -0.4 is 4.72 Å². The predicted molar refractivity (Wildman–Crippen MR) is 96.5 cm³/mol. The van der Waals surface area contributed by atoms with Crippen LogP contribution in [0.3, 0.4) is 0 Å². The maximum Gasteiger partial charge on any atom is 0.241 e. The van der Waals surface area contributed by atoms with Gasteiger partial charge in [0, 0.05) is 18.1 Å². The summed E-state index contributed by atoms with van der Waals surface area (Å²) in [6.07, 6.45) is 2.37. The third-order valence-electron chi connectivity index (χ3n) is 3.41. The van der Waals surface area contributed by atoms with E-state index in [1.807, 2.05) is 20.1 Å². The Hall–Kier alpha value is -0.760. The number of sulfonamides is 1. The molecule has 1 N–H and O–H groups in total. The van der Waals surface area contributed by atoms with Crippen molar-refractivity contribution in [2.24, 2.45) is 0 Å². The molecule has 0 aromatic heterocycles. The number of benzene rings is 1. The van der Waals surface area contributed by atoms with Crippen LogP contribution in [0.2, 0.25) is 5.02 Å². The number of halogens is 1. The van der Waals surface area contributed by atoms with Gasteiger partial charge in [-0.1, -0.05) is 11.6 Å². The van der Waals surface area contributed by atoms with E-state index < -0.39 is 16.1 Å². The Kier molecular flexibility index (Phi) is 8.39. The van der Waals surface area contributed by atoms with E-state index >= 15 is 0 Å². The Morgan fingerprint density at radius 1 is 1.26 bits per heavy atom. The standard InChI is InChI=1S/C15H23ClN2O3S2/c1-4-18(5-2)15(19)14(10-11-22-3)17-23(20,21)13-8-6-12(16)7-9-13/h6-9,14,17H,4-5,10-11H2,1-3H3. The number of amides is 1. The maximum absolute atomic E-state index is 12.5. The Morgan fingerprint density at radius 3 is 2.30 bits per heavy atom. The number of hydrogen-bond acceptors (Lipinski definition) is 4. The Labute approximate surface area is 147 Å². The molecule has 1 unspecified atom stereocenters. The van der Waals surface area contributed by atoms with Gasteiger partial charge in [-0.15, -0.1) is 0 Å². The lowest BCUT2D eigenvalue weighted by Crippen LogP contribution is -2.48. The predicted octanol–water partition coefficient (Wildman–Crippen LogP) is 2.61. The Morgan fingerprint density at radius 2 is 1.83 bits per heavy atom. The fraction of sp³-hybridized carbons (Fsp3) is 0.533. The van der Waals surface area contributed by atoms with Crippen molar-refractivity contribution in [3.8, 4) is 0 Å². The van der Waals surface area contributed by atoms with Crippen molar-refractivity contribution in [3.05, 3.63) is 29.3 Å². The number of thioether (sulfide) groups is 1. The molecular formula is C15H23ClN2O3S2. The smallest absolute Gasteiger partial charge is 0.241 e. The van der Waals surface area contributed by atoms with Gasteiger partial charge in [0.05, 0.1) is 4.90 Å². The summed E-state index contributed by atoms with van der Waals surface area (Å²) in [4.78, 5) is 14.3. The molecule has 0 spiro atoms. The highest BCUT2D eigenvalue weighted by atomic mass is 35.5. The van der Waals surface area contributed by atoms with Crippen molar-refractivity contribution in [1.29, 1.82) is 0 Å². The average Bonchev–Trinajstić information content (AvgIpc) is 2.52. The van der Waals surface area contributed by atoms with E-state index in [1.54, 1.807) is 16.7 Å². The number of rotatable bonds is 9. The summed E-state index contributed by atoms with van der Waals surface area (Å²) in [7, 11) is -3.77. The van der Waals surface area contributed by atoms with Crippen molar-refractivity contribution in [2.45, 2.75) is 31.2 Å². The van der Waals surface area contributed by atoms with Crippen molar-refractivity contribution in [3.63, 3.8) is 0 Å². The minimum Gasteiger partial charge on any atom is -0.342 e. The van der Waals surface area contributed by atoms with Gasteiger partial charge in [-0.25, -0.2) is 8.42 Å². The Bertz CT molecular complexity index is 602. The molecule has 0 bridgehead atoms. The second-order valence-electron chi connectivity index (χ2n) is 4.92. The summed E-state index contributed by atoms with van der Waals surface area (Å²) >= 11 is 7.36. The summed E-state index contributed by atoms with van der Waals surface area (Å²) in [5.41, 5.74) is 0. The Balaban J connectivity index is 2.99. The molecule has 130 valence electrons. The van der Waals surface area contributed by atoms with E-state index in [9.17, 15) is 13.2 Å². The van der Waals surface area contributed by atoms with Gasteiger partial charge >= 0.3 is 0 Å². The highest BCUT2D eigenvalue weighted by molar-refractivity contribution is 7.98. The summed E-state index contributed by atoms with van der Waals surface area (Å²) in [6, 6.07) is 5.12. The van der Waals surface area contributed by atoms with Crippen LogP contribution in [0.4, 0.5) is 0 Å². The molecule has 0 heterocycles. The first-order chi connectivity index (χ1) is 10.9. The number of carbonyl (C=O) groups is 1. The van der Waals surface area contributed by atoms with E-state index in [2.05, 4.69) is 4.72 Å². The van der Waals surface area contributed by atoms with Crippen LogP contribution in [0.1, 0.15) is 20.3 Å². The van der Waals surface area contributed by atoms with Crippen LogP contribution in [-0.2, 0) is 14.8 Å². The summed E-state index contributed by atoms with van der Waals surface area (Å²) in [5.74, 6) is 0.502. The molecule has 0 aliphatic rings. The number of hydrogen-bond donors (Lipinski definition) is 1. The first-order valence-electron chi connectivity index (χ1n) is 7.41. The van der Waals surface area contributed by atoms with Crippen molar-refractivity contribution in [2.75, 3.05) is 25.1 Å². The highest BCUT2D eigenvalue weighted by Gasteiger charge is 2.27. The molecule has 1 atom stereocenters. The zero-order valence-electron chi connectivity index (χ0n) is 13.6. The fourth-order valence-corrected chi connectivity index (χ4v) is 3.91. The molecule has 1 aromatic carbocycles. The van der Waals surface area contributed by atoms with Crippen LogP contribution in [0.25, 0.3) is 0 Å². The number of nitrogens with zero attached hydrogens (tertiary/aromatic N) is 1. The van der Waals surface area contributed by atoms with Crippen LogP contribution >= 0.6 is 23.4 Å². The summed E-state index contributed by atoms with van der Waals surface area (Å²) < 4.78 is 27.5. The average molecular weight is 379 g/mol. The normalized spacial score (nSPS) is 12.9. The van der Waals surface area contributed by atoms with E-state index in [1.165, 1.54) is 24.3 Å². The fourth-order valence-electron chi connectivity index (χ4n) is 2.09. The van der Waals surface area contributed by atoms with Gasteiger partial charge in [0.25, 0.3) is 0 Å². The molecular weight excluding hydrogens is 356 g/mol. The first-order valence-corrected chi connectivity index (χ1v) is 10.7. The second kappa shape index (κ2) is 9.52. The molecule has 1 rings (SSSR count). The minimum absolute atomic E-state index is 0.100. The van der Waals surface area contributed by atoms with Gasteiger partial charge in [0.2, 0.25) is 15.9 Å². The van der Waals surface area contributed by atoms with Gasteiger partial charge in [-0.05, 0) is 56.5 Å². The van der Waals surface area contributed by atoms with Crippen LogP contribution in [-0.4, -0.2) is 50.4 Å². The topological polar surface area (TPSA) is 66.5 Å². The lowest BCUT2D eigenvalue weighted by atomic mass is 10.2. The highest BCUT2D eigenvalue weighted by Crippen LogP contribution is 2.15. The van der Waals surface area contributed by atoms with Crippen LogP contribution in [0.5, 0.6) is 0 Å².